The Labute approximate surface area is 194 Å². The Bertz CT molecular complexity index is 710. The van der Waals surface area contributed by atoms with Crippen molar-refractivity contribution < 1.29 is 10.2 Å². The van der Waals surface area contributed by atoms with Crippen LogP contribution in [0.3, 0.4) is 0 Å². The van der Waals surface area contributed by atoms with Crippen molar-refractivity contribution in [2.24, 2.45) is 29.1 Å². The highest BCUT2D eigenvalue weighted by molar-refractivity contribution is 8.32. The fraction of sp³-hybridized carbons (Fsp3) is 0.920. The second-order valence-electron chi connectivity index (χ2n) is 11.9. The van der Waals surface area contributed by atoms with Gasteiger partial charge in [0.05, 0.1) is 15.8 Å². The number of thioether (sulfide) groups is 2. The molecular formula is C25H42O2S3. The molecule has 3 saturated carbocycles. The third-order valence-corrected chi connectivity index (χ3v) is 14.2. The molecule has 7 unspecified atom stereocenters. The minimum Gasteiger partial charge on any atom is -0.393 e. The van der Waals surface area contributed by atoms with Crippen LogP contribution in [-0.2, 0) is 0 Å². The minimum atomic E-state index is -0.833. The van der Waals surface area contributed by atoms with Gasteiger partial charge in [-0.3, -0.25) is 0 Å². The molecule has 0 bridgehead atoms. The van der Waals surface area contributed by atoms with Crippen LogP contribution >= 0.6 is 33.6 Å². The van der Waals surface area contributed by atoms with Gasteiger partial charge in [-0.05, 0) is 93.8 Å². The molecule has 1 spiro atoms. The summed E-state index contributed by atoms with van der Waals surface area (Å²) in [5, 5.41) is 23.7. The molecule has 1 aliphatic heterocycles. The van der Waals surface area contributed by atoms with Crippen LogP contribution in [0.2, 0.25) is 0 Å². The minimum absolute atomic E-state index is 0.0468. The lowest BCUT2D eigenvalue weighted by atomic mass is 9.46. The molecular weight excluding hydrogens is 428 g/mol. The molecule has 0 aromatic rings. The lowest BCUT2D eigenvalue weighted by Gasteiger charge is -2.62. The first-order chi connectivity index (χ1) is 14.1. The predicted molar refractivity (Wildman–Crippen MR) is 136 cm³/mol. The lowest BCUT2D eigenvalue weighted by Crippen LogP contribution is -2.63. The third kappa shape index (κ3) is 3.47. The molecule has 2 N–H and O–H groups in total. The smallest absolute Gasteiger partial charge is 0.0794 e. The molecule has 0 amide bonds. The normalized spacial score (nSPS) is 48.1. The molecule has 1 saturated heterocycles. The summed E-state index contributed by atoms with van der Waals surface area (Å²) in [7, 11) is -0.833. The lowest BCUT2D eigenvalue weighted by molar-refractivity contribution is -0.176. The van der Waals surface area contributed by atoms with E-state index in [1.807, 2.05) is 0 Å². The van der Waals surface area contributed by atoms with Crippen molar-refractivity contribution in [3.63, 3.8) is 0 Å². The molecule has 5 heteroatoms. The zero-order chi connectivity index (χ0) is 21.4. The number of allylic oxidation sites excluding steroid dienone is 1. The number of rotatable bonds is 3. The van der Waals surface area contributed by atoms with Crippen molar-refractivity contribution in [1.82, 2.24) is 0 Å². The van der Waals surface area contributed by atoms with Crippen molar-refractivity contribution in [3.05, 3.63) is 11.6 Å². The van der Waals surface area contributed by atoms with Crippen molar-refractivity contribution in [2.45, 2.75) is 74.1 Å². The standard InChI is InChI=1S/C25H42O2S3/c1-5-23-15-24(27,16-30(2,3)4)22-18-10-11-25(28-12-13-29-25)14-17(18)6-7-19(22)20(23)8-9-21(23)26/h14,18-22,26-27H,5-13,15-16H2,1-4H3. The highest BCUT2D eigenvalue weighted by atomic mass is 32.3. The van der Waals surface area contributed by atoms with Crippen molar-refractivity contribution in [3.8, 4) is 0 Å². The van der Waals surface area contributed by atoms with Crippen LogP contribution in [-0.4, -0.2) is 62.0 Å². The van der Waals surface area contributed by atoms with Crippen LogP contribution in [0.4, 0.5) is 0 Å². The maximum Gasteiger partial charge on any atom is 0.0794 e. The van der Waals surface area contributed by atoms with Crippen molar-refractivity contribution in [2.75, 3.05) is 36.0 Å². The Balaban J connectivity index is 1.55. The van der Waals surface area contributed by atoms with Gasteiger partial charge in [0.2, 0.25) is 0 Å². The summed E-state index contributed by atoms with van der Waals surface area (Å²) < 4.78 is 0.345. The number of hydrogen-bond donors (Lipinski definition) is 2. The average molecular weight is 471 g/mol. The summed E-state index contributed by atoms with van der Waals surface area (Å²) >= 11 is 4.35. The molecule has 0 aromatic heterocycles. The molecule has 1 heterocycles. The van der Waals surface area contributed by atoms with E-state index in [0.717, 1.165) is 25.0 Å². The first kappa shape index (κ1) is 22.5. The molecule has 0 radical (unpaired) electrons. The summed E-state index contributed by atoms with van der Waals surface area (Å²) in [6.07, 6.45) is 18.6. The Hall–Kier alpha value is 0.710. The summed E-state index contributed by atoms with van der Waals surface area (Å²) in [4.78, 5) is 0. The highest BCUT2D eigenvalue weighted by Gasteiger charge is 2.65. The molecule has 5 rings (SSSR count). The summed E-state index contributed by atoms with van der Waals surface area (Å²) in [6.45, 7) is 2.28. The van der Waals surface area contributed by atoms with E-state index in [-0.39, 0.29) is 11.5 Å². The maximum absolute atomic E-state index is 12.5. The van der Waals surface area contributed by atoms with E-state index in [1.165, 1.54) is 43.6 Å². The van der Waals surface area contributed by atoms with E-state index in [9.17, 15) is 10.2 Å². The predicted octanol–water partition coefficient (Wildman–Crippen LogP) is 5.52. The number of fused-ring (bicyclic) bond motifs is 5. The van der Waals surface area contributed by atoms with Crippen molar-refractivity contribution in [1.29, 1.82) is 0 Å². The van der Waals surface area contributed by atoms with Gasteiger partial charge >= 0.3 is 0 Å². The summed E-state index contributed by atoms with van der Waals surface area (Å²) in [6, 6.07) is 0. The topological polar surface area (TPSA) is 40.5 Å². The van der Waals surface area contributed by atoms with E-state index in [1.54, 1.807) is 5.57 Å². The molecule has 0 aromatic carbocycles. The first-order valence-electron chi connectivity index (χ1n) is 12.2. The number of aliphatic hydroxyl groups excluding tert-OH is 1. The highest BCUT2D eigenvalue weighted by Crippen LogP contribution is 2.68. The average Bonchev–Trinajstić information content (AvgIpc) is 3.25. The van der Waals surface area contributed by atoms with Gasteiger partial charge < -0.3 is 10.2 Å². The SMILES string of the molecule is CCC12CC(O)(CS(C)(C)C)C3C4CCC5(C=C4CCC3C1CCC2O)SCCS5. The van der Waals surface area contributed by atoms with E-state index in [4.69, 9.17) is 0 Å². The number of aliphatic hydroxyl groups is 2. The monoisotopic (exact) mass is 470 g/mol. The van der Waals surface area contributed by atoms with Gasteiger partial charge in [-0.2, -0.15) is 0 Å². The van der Waals surface area contributed by atoms with Gasteiger partial charge in [0, 0.05) is 22.7 Å². The third-order valence-electron chi connectivity index (χ3n) is 9.39. The molecule has 30 heavy (non-hydrogen) atoms. The van der Waals surface area contributed by atoms with Crippen LogP contribution in [0.15, 0.2) is 11.6 Å². The fourth-order valence-corrected chi connectivity index (χ4v) is 13.6. The van der Waals surface area contributed by atoms with Crippen molar-refractivity contribution >= 4 is 33.6 Å². The maximum atomic E-state index is 12.5. The largest absolute Gasteiger partial charge is 0.393 e. The molecule has 4 fully saturated rings. The van der Waals surface area contributed by atoms with Crippen LogP contribution < -0.4 is 0 Å². The van der Waals surface area contributed by atoms with Gasteiger partial charge in [0.1, 0.15) is 0 Å². The number of hydrogen-bond acceptors (Lipinski definition) is 4. The molecule has 7 atom stereocenters. The van der Waals surface area contributed by atoms with E-state index in [0.29, 0.717) is 27.8 Å². The van der Waals surface area contributed by atoms with Gasteiger partial charge in [0.25, 0.3) is 0 Å². The van der Waals surface area contributed by atoms with Crippen LogP contribution in [0.1, 0.15) is 58.3 Å². The second kappa shape index (κ2) is 7.61. The quantitative estimate of drug-likeness (QED) is 0.533. The Morgan fingerprint density at radius 2 is 1.83 bits per heavy atom. The van der Waals surface area contributed by atoms with Crippen LogP contribution in [0.25, 0.3) is 0 Å². The van der Waals surface area contributed by atoms with E-state index >= 15 is 0 Å². The molecule has 172 valence electrons. The van der Waals surface area contributed by atoms with Crippen LogP contribution in [0, 0.1) is 29.1 Å². The van der Waals surface area contributed by atoms with E-state index in [2.05, 4.69) is 55.3 Å². The first-order valence-corrected chi connectivity index (χ1v) is 17.2. The zero-order valence-electron chi connectivity index (χ0n) is 19.4. The molecule has 2 nitrogen and oxygen atoms in total. The van der Waals surface area contributed by atoms with Gasteiger partial charge in [-0.1, -0.05) is 18.6 Å². The summed E-state index contributed by atoms with van der Waals surface area (Å²) in [5.41, 5.74) is 1.03. The Morgan fingerprint density at radius 3 is 2.50 bits per heavy atom. The fourth-order valence-electron chi connectivity index (χ4n) is 8.66. The van der Waals surface area contributed by atoms with Gasteiger partial charge in [-0.25, -0.2) is 10.0 Å². The van der Waals surface area contributed by atoms with E-state index < -0.39 is 15.6 Å². The summed E-state index contributed by atoms with van der Waals surface area (Å²) in [5.74, 6) is 5.74. The Morgan fingerprint density at radius 1 is 1.10 bits per heavy atom. The van der Waals surface area contributed by atoms with Gasteiger partial charge in [-0.15, -0.1) is 23.5 Å². The Kier molecular flexibility index (Phi) is 5.71. The zero-order valence-corrected chi connectivity index (χ0v) is 21.8. The van der Waals surface area contributed by atoms with Crippen LogP contribution in [0.5, 0.6) is 0 Å². The second-order valence-corrected chi connectivity index (χ2v) is 19.5. The molecule has 5 aliphatic rings. The molecule has 4 aliphatic carbocycles. The van der Waals surface area contributed by atoms with Gasteiger partial charge in [0.15, 0.2) is 0 Å².